The maximum atomic E-state index is 12.0. The first-order chi connectivity index (χ1) is 9.95. The lowest BCUT2D eigenvalue weighted by molar-refractivity contribution is -0.115. The van der Waals surface area contributed by atoms with Crippen LogP contribution in [0.4, 0.5) is 5.69 Å². The molecule has 0 aliphatic rings. The minimum atomic E-state index is -0.154. The molecular formula is C15H23N3O3. The lowest BCUT2D eigenvalue weighted by Gasteiger charge is -2.14. The van der Waals surface area contributed by atoms with Crippen LogP contribution in [0.15, 0.2) is 18.2 Å². The summed E-state index contributed by atoms with van der Waals surface area (Å²) in [6.45, 7) is 3.24. The van der Waals surface area contributed by atoms with Crippen LogP contribution in [0, 0.1) is 6.92 Å². The monoisotopic (exact) mass is 293 g/mol. The molecule has 0 spiro atoms. The Bertz CT molecular complexity index is 501. The first-order valence-electron chi connectivity index (χ1n) is 6.77. The number of methoxy groups -OCH3 is 1. The Hall–Kier alpha value is -1.92. The summed E-state index contributed by atoms with van der Waals surface area (Å²) >= 11 is 0. The molecule has 0 saturated heterocycles. The average Bonchev–Trinajstić information content (AvgIpc) is 2.45. The summed E-state index contributed by atoms with van der Waals surface area (Å²) in [4.78, 5) is 25.3. The van der Waals surface area contributed by atoms with Crippen molar-refractivity contribution in [2.24, 2.45) is 0 Å². The zero-order chi connectivity index (χ0) is 15.8. The Morgan fingerprint density at radius 3 is 2.62 bits per heavy atom. The molecule has 0 radical (unpaired) electrons. The largest absolute Gasteiger partial charge is 0.383 e. The summed E-state index contributed by atoms with van der Waals surface area (Å²) in [5.41, 5.74) is 2.08. The zero-order valence-electron chi connectivity index (χ0n) is 13.0. The van der Waals surface area contributed by atoms with Crippen molar-refractivity contribution in [2.75, 3.05) is 46.2 Å². The van der Waals surface area contributed by atoms with Gasteiger partial charge in [0.25, 0.3) is 5.91 Å². The van der Waals surface area contributed by atoms with Gasteiger partial charge in [0, 0.05) is 39.0 Å². The SMILES string of the molecule is COCCNCC(=O)Nc1ccc(C)c(C(=O)N(C)C)c1. The van der Waals surface area contributed by atoms with Crippen molar-refractivity contribution in [3.05, 3.63) is 29.3 Å². The van der Waals surface area contributed by atoms with Crippen LogP contribution in [0.3, 0.4) is 0 Å². The molecule has 0 aliphatic carbocycles. The van der Waals surface area contributed by atoms with E-state index in [1.165, 1.54) is 4.90 Å². The highest BCUT2D eigenvalue weighted by molar-refractivity contribution is 5.98. The third-order valence-corrected chi connectivity index (χ3v) is 2.93. The van der Waals surface area contributed by atoms with Crippen LogP contribution in [0.25, 0.3) is 0 Å². The standard InChI is InChI=1S/C15H23N3O3/c1-11-5-6-12(9-13(11)15(20)18(2)3)17-14(19)10-16-7-8-21-4/h5-6,9,16H,7-8,10H2,1-4H3,(H,17,19). The number of ether oxygens (including phenoxy) is 1. The van der Waals surface area contributed by atoms with Crippen molar-refractivity contribution in [1.82, 2.24) is 10.2 Å². The van der Waals surface area contributed by atoms with Gasteiger partial charge < -0.3 is 20.3 Å². The van der Waals surface area contributed by atoms with Crippen LogP contribution in [-0.2, 0) is 9.53 Å². The van der Waals surface area contributed by atoms with Crippen LogP contribution >= 0.6 is 0 Å². The third-order valence-electron chi connectivity index (χ3n) is 2.93. The topological polar surface area (TPSA) is 70.7 Å². The van der Waals surface area contributed by atoms with Gasteiger partial charge in [0.2, 0.25) is 5.91 Å². The van der Waals surface area contributed by atoms with E-state index >= 15 is 0 Å². The lowest BCUT2D eigenvalue weighted by Crippen LogP contribution is -2.30. The molecule has 0 aromatic heterocycles. The molecule has 6 nitrogen and oxygen atoms in total. The number of amides is 2. The number of anilines is 1. The first-order valence-corrected chi connectivity index (χ1v) is 6.77. The van der Waals surface area contributed by atoms with Crippen molar-refractivity contribution in [1.29, 1.82) is 0 Å². The van der Waals surface area contributed by atoms with Gasteiger partial charge in [0.05, 0.1) is 13.2 Å². The fourth-order valence-corrected chi connectivity index (χ4v) is 1.75. The van der Waals surface area contributed by atoms with Crippen molar-refractivity contribution < 1.29 is 14.3 Å². The predicted octanol–water partition coefficient (Wildman–Crippen LogP) is 0.871. The van der Waals surface area contributed by atoms with Crippen molar-refractivity contribution in [2.45, 2.75) is 6.92 Å². The second-order valence-corrected chi connectivity index (χ2v) is 4.95. The molecule has 0 unspecified atom stereocenters. The second kappa shape index (κ2) is 8.39. The first kappa shape index (κ1) is 17.1. The zero-order valence-corrected chi connectivity index (χ0v) is 13.0. The summed E-state index contributed by atoms with van der Waals surface area (Å²) < 4.78 is 4.88. The summed E-state index contributed by atoms with van der Waals surface area (Å²) in [7, 11) is 5.01. The minimum absolute atomic E-state index is 0.0816. The summed E-state index contributed by atoms with van der Waals surface area (Å²) in [5.74, 6) is -0.236. The quantitative estimate of drug-likeness (QED) is 0.732. The number of hydrogen-bond acceptors (Lipinski definition) is 4. The van der Waals surface area contributed by atoms with Crippen LogP contribution in [0.1, 0.15) is 15.9 Å². The number of nitrogens with zero attached hydrogens (tertiary/aromatic N) is 1. The van der Waals surface area contributed by atoms with Crippen molar-refractivity contribution in [3.8, 4) is 0 Å². The van der Waals surface area contributed by atoms with Gasteiger partial charge in [0.15, 0.2) is 0 Å². The molecule has 0 atom stereocenters. The van der Waals surface area contributed by atoms with Crippen LogP contribution in [0.5, 0.6) is 0 Å². The Balaban J connectivity index is 2.66. The smallest absolute Gasteiger partial charge is 0.253 e. The Morgan fingerprint density at radius 1 is 1.29 bits per heavy atom. The fraction of sp³-hybridized carbons (Fsp3) is 0.467. The number of aryl methyl sites for hydroxylation is 1. The number of carbonyl (C=O) groups is 2. The molecule has 0 saturated carbocycles. The second-order valence-electron chi connectivity index (χ2n) is 4.95. The number of carbonyl (C=O) groups excluding carboxylic acids is 2. The van der Waals surface area contributed by atoms with E-state index < -0.39 is 0 Å². The Morgan fingerprint density at radius 2 is 2.00 bits per heavy atom. The summed E-state index contributed by atoms with van der Waals surface area (Å²) in [6.07, 6.45) is 0. The van der Waals surface area contributed by atoms with E-state index in [9.17, 15) is 9.59 Å². The van der Waals surface area contributed by atoms with Gasteiger partial charge >= 0.3 is 0 Å². The molecule has 2 amide bonds. The van der Waals surface area contributed by atoms with Crippen molar-refractivity contribution in [3.63, 3.8) is 0 Å². The molecule has 6 heteroatoms. The van der Waals surface area contributed by atoms with E-state index in [-0.39, 0.29) is 18.4 Å². The number of rotatable bonds is 7. The molecule has 0 aliphatic heterocycles. The van der Waals surface area contributed by atoms with E-state index in [2.05, 4.69) is 10.6 Å². The molecule has 116 valence electrons. The molecule has 1 rings (SSSR count). The van der Waals surface area contributed by atoms with Crippen LogP contribution < -0.4 is 10.6 Å². The average molecular weight is 293 g/mol. The third kappa shape index (κ3) is 5.53. The van der Waals surface area contributed by atoms with Crippen LogP contribution in [-0.4, -0.2) is 57.6 Å². The van der Waals surface area contributed by atoms with E-state index in [1.54, 1.807) is 33.3 Å². The number of hydrogen-bond donors (Lipinski definition) is 2. The number of nitrogens with one attached hydrogen (secondary N) is 2. The molecule has 0 heterocycles. The van der Waals surface area contributed by atoms with Gasteiger partial charge in [-0.2, -0.15) is 0 Å². The van der Waals surface area contributed by atoms with Crippen molar-refractivity contribution >= 4 is 17.5 Å². The normalized spacial score (nSPS) is 10.3. The van der Waals surface area contributed by atoms with Gasteiger partial charge in [0.1, 0.15) is 0 Å². The molecule has 1 aromatic carbocycles. The highest BCUT2D eigenvalue weighted by atomic mass is 16.5. The molecule has 0 fully saturated rings. The summed E-state index contributed by atoms with van der Waals surface area (Å²) in [6, 6.07) is 5.31. The molecule has 2 N–H and O–H groups in total. The van der Waals surface area contributed by atoms with Gasteiger partial charge in [-0.15, -0.1) is 0 Å². The van der Waals surface area contributed by atoms with Gasteiger partial charge in [-0.1, -0.05) is 6.07 Å². The summed E-state index contributed by atoms with van der Waals surface area (Å²) in [5, 5.41) is 5.73. The number of benzene rings is 1. The maximum Gasteiger partial charge on any atom is 0.253 e. The van der Waals surface area contributed by atoms with Gasteiger partial charge in [-0.05, 0) is 24.6 Å². The Kier molecular flexibility index (Phi) is 6.84. The Labute approximate surface area is 125 Å². The fourth-order valence-electron chi connectivity index (χ4n) is 1.75. The highest BCUT2D eigenvalue weighted by Gasteiger charge is 2.12. The van der Waals surface area contributed by atoms with E-state index in [0.29, 0.717) is 24.4 Å². The molecule has 1 aromatic rings. The lowest BCUT2D eigenvalue weighted by atomic mass is 10.1. The molecular weight excluding hydrogens is 270 g/mol. The van der Waals surface area contributed by atoms with E-state index in [0.717, 1.165) is 5.56 Å². The van der Waals surface area contributed by atoms with Crippen LogP contribution in [0.2, 0.25) is 0 Å². The molecule has 0 bridgehead atoms. The predicted molar refractivity (Wildman–Crippen MR) is 82.6 cm³/mol. The van der Waals surface area contributed by atoms with Gasteiger partial charge in [-0.3, -0.25) is 9.59 Å². The highest BCUT2D eigenvalue weighted by Crippen LogP contribution is 2.16. The van der Waals surface area contributed by atoms with E-state index in [1.807, 2.05) is 13.0 Å². The minimum Gasteiger partial charge on any atom is -0.383 e. The van der Waals surface area contributed by atoms with Gasteiger partial charge in [-0.25, -0.2) is 0 Å². The molecule has 21 heavy (non-hydrogen) atoms. The van der Waals surface area contributed by atoms with E-state index in [4.69, 9.17) is 4.74 Å². The maximum absolute atomic E-state index is 12.0.